The first-order chi connectivity index (χ1) is 26.7. The highest BCUT2D eigenvalue weighted by atomic mass is 16.3. The van der Waals surface area contributed by atoms with Gasteiger partial charge in [0.15, 0.2) is 0 Å². The molecule has 0 bridgehead atoms. The Labute approximate surface area is 267 Å². The Balaban J connectivity index is 1.40. The maximum atomic E-state index is 9.19. The topological polar surface area (TPSA) is 13.1 Å². The minimum Gasteiger partial charge on any atom is -0.456 e. The molecular formula is C42H26O. The molecular weight excluding hydrogens is 520 g/mol. The van der Waals surface area contributed by atoms with Crippen LogP contribution in [0.15, 0.2) is 162 Å². The van der Waals surface area contributed by atoms with Crippen molar-refractivity contribution in [2.45, 2.75) is 0 Å². The van der Waals surface area contributed by atoms with Gasteiger partial charge in [-0.2, -0.15) is 0 Å². The molecule has 0 saturated carbocycles. The molecule has 9 aromatic rings. The maximum Gasteiger partial charge on any atom is 0.136 e. The second-order valence-electron chi connectivity index (χ2n) is 10.3. The molecule has 200 valence electrons. The Morgan fingerprint density at radius 3 is 1.63 bits per heavy atom. The standard InChI is InChI=1S/C42H26O/c1-2-11-28(12-3-1)40-33-15-6-8-17-35(33)41(36-18-9-7-16-34(36)40)29-23-21-27(22-24-29)32-19-10-20-38-42(32)37-25-30-13-4-5-14-31(30)26-39(37)43-38/h1-26H/i1D,2D,3D,6D,7D,8D,9D,11D,12D,15D,16D,17D,18D. The largest absolute Gasteiger partial charge is 0.456 e. The van der Waals surface area contributed by atoms with Gasteiger partial charge in [0.1, 0.15) is 11.2 Å². The van der Waals surface area contributed by atoms with Crippen LogP contribution in [-0.2, 0) is 0 Å². The second kappa shape index (κ2) is 9.44. The lowest BCUT2D eigenvalue weighted by Gasteiger charge is -2.18. The SMILES string of the molecule is [2H]c1c([2H])c([2H])c(-c2c3c([2H])c([2H])c([2H])c([2H])c3c(-c3ccc(-c4cccc5oc6cc7ccccc7cc6c45)cc3)c3c([2H])c([2H])c([2H])c([2H])c23)c([2H])c1[2H]. The molecule has 1 heteroatoms. The highest BCUT2D eigenvalue weighted by molar-refractivity contribution is 6.21. The summed E-state index contributed by atoms with van der Waals surface area (Å²) in [5.41, 5.74) is 2.74. The summed E-state index contributed by atoms with van der Waals surface area (Å²) < 4.78 is 120. The van der Waals surface area contributed by atoms with E-state index < -0.39 is 84.1 Å². The first kappa shape index (κ1) is 14.5. The predicted molar refractivity (Wildman–Crippen MR) is 183 cm³/mol. The molecule has 0 fully saturated rings. The van der Waals surface area contributed by atoms with Crippen molar-refractivity contribution in [3.05, 3.63) is 157 Å². The van der Waals surface area contributed by atoms with Crippen LogP contribution in [0.2, 0.25) is 0 Å². The molecule has 0 aliphatic carbocycles. The van der Waals surface area contributed by atoms with Crippen molar-refractivity contribution < 1.29 is 22.2 Å². The average Bonchev–Trinajstić information content (AvgIpc) is 3.58. The van der Waals surface area contributed by atoms with Crippen LogP contribution < -0.4 is 0 Å². The van der Waals surface area contributed by atoms with Crippen LogP contribution in [0.5, 0.6) is 0 Å². The molecule has 1 nitrogen and oxygen atoms in total. The molecule has 43 heavy (non-hydrogen) atoms. The number of hydrogen-bond acceptors (Lipinski definition) is 1. The van der Waals surface area contributed by atoms with Crippen molar-refractivity contribution >= 4 is 54.3 Å². The minimum absolute atomic E-state index is 0.0788. The number of benzene rings is 8. The molecule has 0 radical (unpaired) electrons. The lowest BCUT2D eigenvalue weighted by molar-refractivity contribution is 0.669. The van der Waals surface area contributed by atoms with Crippen LogP contribution in [0.3, 0.4) is 0 Å². The van der Waals surface area contributed by atoms with E-state index in [2.05, 4.69) is 6.07 Å². The average molecular weight is 560 g/mol. The van der Waals surface area contributed by atoms with E-state index in [1.54, 1.807) is 12.1 Å². The molecule has 0 amide bonds. The molecule has 9 rings (SSSR count). The zero-order valence-electron chi connectivity index (χ0n) is 35.4. The number of fused-ring (bicyclic) bond motifs is 6. The Morgan fingerprint density at radius 1 is 0.419 bits per heavy atom. The van der Waals surface area contributed by atoms with Crippen LogP contribution in [0, 0.1) is 0 Å². The van der Waals surface area contributed by atoms with Gasteiger partial charge < -0.3 is 4.42 Å². The monoisotopic (exact) mass is 559 g/mol. The molecule has 1 aromatic heterocycles. The maximum absolute atomic E-state index is 9.19. The van der Waals surface area contributed by atoms with Gasteiger partial charge in [0.2, 0.25) is 0 Å². The van der Waals surface area contributed by atoms with E-state index in [0.29, 0.717) is 11.1 Å². The van der Waals surface area contributed by atoms with Gasteiger partial charge >= 0.3 is 0 Å². The van der Waals surface area contributed by atoms with E-state index in [-0.39, 0.29) is 32.7 Å². The summed E-state index contributed by atoms with van der Waals surface area (Å²) in [4.78, 5) is 0. The summed E-state index contributed by atoms with van der Waals surface area (Å²) in [7, 11) is 0. The number of furan rings is 1. The quantitative estimate of drug-likeness (QED) is 0.196. The molecule has 0 unspecified atom stereocenters. The first-order valence-electron chi connectivity index (χ1n) is 20.2. The van der Waals surface area contributed by atoms with Crippen LogP contribution in [0.1, 0.15) is 17.8 Å². The van der Waals surface area contributed by atoms with Crippen molar-refractivity contribution in [2.75, 3.05) is 0 Å². The zero-order chi connectivity index (χ0) is 39.6. The Morgan fingerprint density at radius 2 is 0.977 bits per heavy atom. The van der Waals surface area contributed by atoms with Gasteiger partial charge in [-0.1, -0.05) is 139 Å². The van der Waals surface area contributed by atoms with Gasteiger partial charge in [-0.15, -0.1) is 0 Å². The van der Waals surface area contributed by atoms with Gasteiger partial charge in [0, 0.05) is 10.8 Å². The van der Waals surface area contributed by atoms with Gasteiger partial charge in [0.05, 0.1) is 17.8 Å². The summed E-state index contributed by atoms with van der Waals surface area (Å²) >= 11 is 0. The van der Waals surface area contributed by atoms with Crippen molar-refractivity contribution in [3.63, 3.8) is 0 Å². The summed E-state index contributed by atoms with van der Waals surface area (Å²) in [6.07, 6.45) is 0. The molecule has 8 aromatic carbocycles. The van der Waals surface area contributed by atoms with Crippen molar-refractivity contribution in [2.24, 2.45) is 0 Å². The molecule has 1 heterocycles. The van der Waals surface area contributed by atoms with Crippen LogP contribution in [0.25, 0.3) is 87.6 Å². The summed E-state index contributed by atoms with van der Waals surface area (Å²) in [5, 5.41) is 3.16. The van der Waals surface area contributed by atoms with Crippen LogP contribution >= 0.6 is 0 Å². The number of rotatable bonds is 3. The molecule has 0 saturated heterocycles. The summed E-state index contributed by atoms with van der Waals surface area (Å²) in [5.74, 6) is 0. The van der Waals surface area contributed by atoms with Gasteiger partial charge in [-0.05, 0) is 83.9 Å². The Kier molecular flexibility index (Phi) is 3.18. The molecule has 0 aliphatic rings. The highest BCUT2D eigenvalue weighted by Gasteiger charge is 2.17. The lowest BCUT2D eigenvalue weighted by Crippen LogP contribution is -1.90. The van der Waals surface area contributed by atoms with Crippen molar-refractivity contribution in [1.29, 1.82) is 0 Å². The molecule has 0 atom stereocenters. The fraction of sp³-hybridized carbons (Fsp3) is 0. The van der Waals surface area contributed by atoms with Crippen LogP contribution in [-0.4, -0.2) is 0 Å². The van der Waals surface area contributed by atoms with E-state index in [1.165, 1.54) is 0 Å². The summed E-state index contributed by atoms with van der Waals surface area (Å²) in [6.45, 7) is 0. The Bertz CT molecular complexity index is 3110. The third-order valence-electron chi connectivity index (χ3n) is 7.97. The van der Waals surface area contributed by atoms with Crippen molar-refractivity contribution in [1.82, 2.24) is 0 Å². The first-order valence-corrected chi connectivity index (χ1v) is 13.7. The molecule has 0 N–H and O–H groups in total. The normalized spacial score (nSPS) is 16.0. The Hall–Kier alpha value is -5.66. The van der Waals surface area contributed by atoms with Gasteiger partial charge in [-0.25, -0.2) is 0 Å². The van der Waals surface area contributed by atoms with E-state index in [1.807, 2.05) is 60.7 Å². The zero-order valence-corrected chi connectivity index (χ0v) is 22.4. The van der Waals surface area contributed by atoms with E-state index in [4.69, 9.17) is 19.5 Å². The third kappa shape index (κ3) is 3.72. The second-order valence-corrected chi connectivity index (χ2v) is 10.3. The predicted octanol–water partition coefficient (Wildman–Crippen LogP) is 12.0. The van der Waals surface area contributed by atoms with E-state index >= 15 is 0 Å². The van der Waals surface area contributed by atoms with Crippen LogP contribution in [0.4, 0.5) is 0 Å². The fourth-order valence-electron chi connectivity index (χ4n) is 6.11. The molecule has 0 aliphatic heterocycles. The lowest BCUT2D eigenvalue weighted by atomic mass is 9.85. The van der Waals surface area contributed by atoms with E-state index in [0.717, 1.165) is 38.3 Å². The molecule has 0 spiro atoms. The number of hydrogen-bond donors (Lipinski definition) is 0. The van der Waals surface area contributed by atoms with Gasteiger partial charge in [-0.3, -0.25) is 0 Å². The third-order valence-corrected chi connectivity index (χ3v) is 7.97. The fourth-order valence-corrected chi connectivity index (χ4v) is 6.11. The highest BCUT2D eigenvalue weighted by Crippen LogP contribution is 2.44. The van der Waals surface area contributed by atoms with Crippen molar-refractivity contribution in [3.8, 4) is 33.4 Å². The summed E-state index contributed by atoms with van der Waals surface area (Å²) in [6, 6.07) is 16.6. The van der Waals surface area contributed by atoms with Gasteiger partial charge in [0.25, 0.3) is 0 Å². The smallest absolute Gasteiger partial charge is 0.136 e. The van der Waals surface area contributed by atoms with E-state index in [9.17, 15) is 2.74 Å². The minimum atomic E-state index is -0.711.